The molecule has 1 aliphatic heterocycles. The minimum atomic E-state index is 0.430. The third kappa shape index (κ3) is 3.00. The number of nitrogens with one attached hydrogen (secondary N) is 1. The van der Waals surface area contributed by atoms with Crippen molar-refractivity contribution < 1.29 is 4.74 Å². The minimum Gasteiger partial charge on any atom is -0.376 e. The van der Waals surface area contributed by atoms with Crippen molar-refractivity contribution in [2.24, 2.45) is 5.92 Å². The summed E-state index contributed by atoms with van der Waals surface area (Å²) >= 11 is 1.66. The van der Waals surface area contributed by atoms with E-state index in [1.807, 2.05) is 24.4 Å². The first kappa shape index (κ1) is 13.4. The standard InChI is InChI=1S/C16H19N3OS/c1-2-7-17-14(3-1)16-19-12(10-21-16)9-18-13-6-8-20-15(13)11-4-5-11/h1-3,7,10-11,13,15,18H,4-6,8-9H2. The highest BCUT2D eigenvalue weighted by molar-refractivity contribution is 7.13. The molecule has 0 aromatic carbocycles. The van der Waals surface area contributed by atoms with E-state index < -0.39 is 0 Å². The van der Waals surface area contributed by atoms with Gasteiger partial charge in [-0.05, 0) is 37.3 Å². The van der Waals surface area contributed by atoms with Crippen molar-refractivity contribution in [2.45, 2.75) is 38.0 Å². The highest BCUT2D eigenvalue weighted by Gasteiger charge is 2.40. The third-order valence-electron chi connectivity index (χ3n) is 4.20. The van der Waals surface area contributed by atoms with Crippen molar-refractivity contribution >= 4 is 11.3 Å². The van der Waals surface area contributed by atoms with Crippen molar-refractivity contribution in [1.82, 2.24) is 15.3 Å². The monoisotopic (exact) mass is 301 g/mol. The van der Waals surface area contributed by atoms with Crippen LogP contribution in [-0.4, -0.2) is 28.7 Å². The van der Waals surface area contributed by atoms with Gasteiger partial charge in [-0.1, -0.05) is 6.07 Å². The topological polar surface area (TPSA) is 47.0 Å². The molecular weight excluding hydrogens is 282 g/mol. The number of hydrogen-bond donors (Lipinski definition) is 1. The second-order valence-electron chi connectivity index (χ2n) is 5.81. The van der Waals surface area contributed by atoms with Crippen molar-refractivity contribution in [3.63, 3.8) is 0 Å². The summed E-state index contributed by atoms with van der Waals surface area (Å²) in [6.07, 6.45) is 6.04. The second kappa shape index (κ2) is 5.83. The summed E-state index contributed by atoms with van der Waals surface area (Å²) in [6, 6.07) is 6.43. The summed E-state index contributed by atoms with van der Waals surface area (Å²) in [5.74, 6) is 0.796. The number of thiazole rings is 1. The van der Waals surface area contributed by atoms with E-state index in [2.05, 4.69) is 20.7 Å². The molecule has 4 nitrogen and oxygen atoms in total. The fourth-order valence-electron chi connectivity index (χ4n) is 2.95. The molecule has 0 radical (unpaired) electrons. The van der Waals surface area contributed by atoms with Gasteiger partial charge >= 0.3 is 0 Å². The highest BCUT2D eigenvalue weighted by Crippen LogP contribution is 2.38. The molecule has 1 aliphatic carbocycles. The quantitative estimate of drug-likeness (QED) is 0.922. The summed E-state index contributed by atoms with van der Waals surface area (Å²) in [4.78, 5) is 9.03. The van der Waals surface area contributed by atoms with Crippen LogP contribution >= 0.6 is 11.3 Å². The van der Waals surface area contributed by atoms with Gasteiger partial charge in [-0.3, -0.25) is 4.98 Å². The highest BCUT2D eigenvalue weighted by atomic mass is 32.1. The Balaban J connectivity index is 1.38. The molecule has 0 amide bonds. The predicted octanol–water partition coefficient (Wildman–Crippen LogP) is 2.86. The Kier molecular flexibility index (Phi) is 3.71. The third-order valence-corrected chi connectivity index (χ3v) is 5.12. The van der Waals surface area contributed by atoms with E-state index in [0.29, 0.717) is 12.1 Å². The van der Waals surface area contributed by atoms with Crippen LogP contribution in [0.25, 0.3) is 10.7 Å². The maximum Gasteiger partial charge on any atom is 0.142 e. The van der Waals surface area contributed by atoms with E-state index in [1.165, 1.54) is 12.8 Å². The number of aromatic nitrogens is 2. The summed E-state index contributed by atoms with van der Waals surface area (Å²) in [6.45, 7) is 1.72. The Labute approximate surface area is 128 Å². The smallest absolute Gasteiger partial charge is 0.142 e. The normalized spacial score (nSPS) is 25.3. The lowest BCUT2D eigenvalue weighted by Gasteiger charge is -2.18. The van der Waals surface area contributed by atoms with E-state index in [4.69, 9.17) is 4.74 Å². The second-order valence-corrected chi connectivity index (χ2v) is 6.67. The molecule has 0 spiro atoms. The van der Waals surface area contributed by atoms with Gasteiger partial charge in [-0.25, -0.2) is 4.98 Å². The Bertz CT molecular complexity index is 597. The maximum absolute atomic E-state index is 5.86. The van der Waals surface area contributed by atoms with Crippen LogP contribution in [0.15, 0.2) is 29.8 Å². The fraction of sp³-hybridized carbons (Fsp3) is 0.500. The molecule has 1 N–H and O–H groups in total. The molecule has 2 aromatic heterocycles. The van der Waals surface area contributed by atoms with Gasteiger partial charge in [-0.2, -0.15) is 0 Å². The molecule has 0 bridgehead atoms. The molecule has 5 heteroatoms. The van der Waals surface area contributed by atoms with Crippen molar-refractivity contribution in [3.8, 4) is 10.7 Å². The molecule has 21 heavy (non-hydrogen) atoms. The average Bonchev–Trinajstić information content (AvgIpc) is 3.09. The van der Waals surface area contributed by atoms with Gasteiger partial charge in [0.2, 0.25) is 0 Å². The van der Waals surface area contributed by atoms with Crippen LogP contribution in [-0.2, 0) is 11.3 Å². The molecule has 2 fully saturated rings. The van der Waals surface area contributed by atoms with Gasteiger partial charge in [0.25, 0.3) is 0 Å². The van der Waals surface area contributed by atoms with Crippen LogP contribution in [0.1, 0.15) is 25.0 Å². The van der Waals surface area contributed by atoms with Gasteiger partial charge in [-0.15, -0.1) is 11.3 Å². The van der Waals surface area contributed by atoms with E-state index in [9.17, 15) is 0 Å². The van der Waals surface area contributed by atoms with Crippen molar-refractivity contribution in [3.05, 3.63) is 35.5 Å². The molecule has 1 saturated carbocycles. The zero-order chi connectivity index (χ0) is 14.1. The van der Waals surface area contributed by atoms with E-state index in [-0.39, 0.29) is 0 Å². The van der Waals surface area contributed by atoms with Crippen molar-refractivity contribution in [1.29, 1.82) is 0 Å². The first-order chi connectivity index (χ1) is 10.4. The maximum atomic E-state index is 5.86. The fourth-order valence-corrected chi connectivity index (χ4v) is 3.75. The Morgan fingerprint density at radius 2 is 2.24 bits per heavy atom. The molecule has 3 heterocycles. The lowest BCUT2D eigenvalue weighted by Crippen LogP contribution is -2.37. The molecular formula is C16H19N3OS. The van der Waals surface area contributed by atoms with Gasteiger partial charge in [0.1, 0.15) is 5.01 Å². The van der Waals surface area contributed by atoms with Gasteiger partial charge in [0.15, 0.2) is 0 Å². The molecule has 110 valence electrons. The van der Waals surface area contributed by atoms with Gasteiger partial charge < -0.3 is 10.1 Å². The van der Waals surface area contributed by atoms with Gasteiger partial charge in [0, 0.05) is 30.8 Å². The average molecular weight is 301 g/mol. The molecule has 2 aromatic rings. The van der Waals surface area contributed by atoms with Crippen LogP contribution < -0.4 is 5.32 Å². The number of pyridine rings is 1. The number of nitrogens with zero attached hydrogens (tertiary/aromatic N) is 2. The van der Waals surface area contributed by atoms with Gasteiger partial charge in [0.05, 0.1) is 17.5 Å². The summed E-state index contributed by atoms with van der Waals surface area (Å²) < 4.78 is 5.86. The van der Waals surface area contributed by atoms with Crippen LogP contribution in [0.4, 0.5) is 0 Å². The Morgan fingerprint density at radius 3 is 3.05 bits per heavy atom. The minimum absolute atomic E-state index is 0.430. The van der Waals surface area contributed by atoms with E-state index in [1.54, 1.807) is 11.3 Å². The van der Waals surface area contributed by atoms with Crippen LogP contribution in [0.3, 0.4) is 0 Å². The Morgan fingerprint density at radius 1 is 1.29 bits per heavy atom. The number of hydrogen-bond acceptors (Lipinski definition) is 5. The zero-order valence-electron chi connectivity index (χ0n) is 11.9. The summed E-state index contributed by atoms with van der Waals surface area (Å²) in [7, 11) is 0. The predicted molar refractivity (Wildman–Crippen MR) is 83.1 cm³/mol. The molecule has 4 rings (SSSR count). The first-order valence-electron chi connectivity index (χ1n) is 7.61. The molecule has 2 aliphatic rings. The lowest BCUT2D eigenvalue weighted by atomic mass is 10.1. The summed E-state index contributed by atoms with van der Waals surface area (Å²) in [5.41, 5.74) is 2.05. The molecule has 2 atom stereocenters. The van der Waals surface area contributed by atoms with Crippen LogP contribution in [0.2, 0.25) is 0 Å². The lowest BCUT2D eigenvalue weighted by molar-refractivity contribution is 0.0808. The zero-order valence-corrected chi connectivity index (χ0v) is 12.7. The largest absolute Gasteiger partial charge is 0.376 e. The Hall–Kier alpha value is -1.30. The molecule has 2 unspecified atom stereocenters. The van der Waals surface area contributed by atoms with Crippen molar-refractivity contribution in [2.75, 3.05) is 6.61 Å². The first-order valence-corrected chi connectivity index (χ1v) is 8.49. The molecule has 1 saturated heterocycles. The van der Waals surface area contributed by atoms with Crippen LogP contribution in [0, 0.1) is 5.92 Å². The number of ether oxygens (including phenoxy) is 1. The van der Waals surface area contributed by atoms with Crippen LogP contribution in [0.5, 0.6) is 0 Å². The van der Waals surface area contributed by atoms with E-state index in [0.717, 1.165) is 41.9 Å². The summed E-state index contributed by atoms with van der Waals surface area (Å²) in [5, 5.41) is 6.75. The SMILES string of the molecule is c1ccc(-c2nc(CNC3CCOC3C3CC3)cs2)nc1. The van der Waals surface area contributed by atoms with E-state index >= 15 is 0 Å². The number of rotatable bonds is 5.